The Morgan fingerprint density at radius 1 is 1.05 bits per heavy atom. The number of para-hydroxylation sites is 2. The molecule has 22 heavy (non-hydrogen) atoms. The van der Waals surface area contributed by atoms with E-state index in [9.17, 15) is 9.90 Å². The van der Waals surface area contributed by atoms with Gasteiger partial charge in [-0.05, 0) is 30.0 Å². The topological polar surface area (TPSA) is 55.8 Å². The average molecular weight is 300 g/mol. The third-order valence-corrected chi connectivity index (χ3v) is 3.12. The molecule has 0 radical (unpaired) electrons. The number of carbonyl (C=O) groups excluding carboxylic acids is 1. The van der Waals surface area contributed by atoms with Gasteiger partial charge in [-0.25, -0.2) is 4.79 Å². The average Bonchev–Trinajstić information content (AvgIpc) is 2.49. The van der Waals surface area contributed by atoms with Crippen molar-refractivity contribution in [2.45, 2.75) is 26.9 Å². The molecular formula is C18H20O4. The predicted octanol–water partition coefficient (Wildman–Crippen LogP) is 4.31. The number of phenolic OH excluding ortho intramolecular Hbond substituents is 1. The standard InChI is InChI=1S/C18H20O4/c1-13(2)11-14-7-6-8-15(17(14)19)12-21-18(20)22-16-9-4-3-5-10-16/h3-10,13,19H,11-12H2,1-2H3. The van der Waals surface area contributed by atoms with Crippen molar-refractivity contribution >= 4 is 6.16 Å². The van der Waals surface area contributed by atoms with Crippen molar-refractivity contribution in [3.05, 3.63) is 59.7 Å². The van der Waals surface area contributed by atoms with Crippen LogP contribution in [0.4, 0.5) is 4.79 Å². The van der Waals surface area contributed by atoms with Crippen molar-refractivity contribution in [1.82, 2.24) is 0 Å². The Morgan fingerprint density at radius 3 is 2.41 bits per heavy atom. The molecule has 4 nitrogen and oxygen atoms in total. The first-order valence-electron chi connectivity index (χ1n) is 7.25. The Hall–Kier alpha value is -2.49. The van der Waals surface area contributed by atoms with E-state index < -0.39 is 6.16 Å². The van der Waals surface area contributed by atoms with E-state index >= 15 is 0 Å². The highest BCUT2D eigenvalue weighted by atomic mass is 16.7. The van der Waals surface area contributed by atoms with Gasteiger partial charge < -0.3 is 14.6 Å². The third kappa shape index (κ3) is 4.52. The van der Waals surface area contributed by atoms with Gasteiger partial charge in [0.2, 0.25) is 0 Å². The zero-order chi connectivity index (χ0) is 15.9. The zero-order valence-electron chi connectivity index (χ0n) is 12.8. The molecule has 2 aromatic rings. The minimum Gasteiger partial charge on any atom is -0.507 e. The van der Waals surface area contributed by atoms with Crippen molar-refractivity contribution in [1.29, 1.82) is 0 Å². The molecular weight excluding hydrogens is 280 g/mol. The number of ether oxygens (including phenoxy) is 2. The van der Waals surface area contributed by atoms with E-state index in [0.29, 0.717) is 17.2 Å². The summed E-state index contributed by atoms with van der Waals surface area (Å²) in [6.45, 7) is 4.14. The van der Waals surface area contributed by atoms with Crippen LogP contribution in [0.2, 0.25) is 0 Å². The van der Waals surface area contributed by atoms with Crippen molar-refractivity contribution in [3.8, 4) is 11.5 Å². The fourth-order valence-electron chi connectivity index (χ4n) is 2.12. The van der Waals surface area contributed by atoms with Gasteiger partial charge in [0.1, 0.15) is 18.1 Å². The van der Waals surface area contributed by atoms with E-state index in [1.54, 1.807) is 30.3 Å². The Morgan fingerprint density at radius 2 is 1.73 bits per heavy atom. The maximum absolute atomic E-state index is 11.6. The summed E-state index contributed by atoms with van der Waals surface area (Å²) in [4.78, 5) is 11.6. The van der Waals surface area contributed by atoms with Crippen LogP contribution in [0.5, 0.6) is 11.5 Å². The van der Waals surface area contributed by atoms with Gasteiger partial charge in [0.05, 0.1) is 0 Å². The van der Waals surface area contributed by atoms with Gasteiger partial charge in [-0.1, -0.05) is 50.2 Å². The number of phenols is 1. The molecule has 0 saturated carbocycles. The zero-order valence-corrected chi connectivity index (χ0v) is 12.8. The molecule has 0 fully saturated rings. The van der Waals surface area contributed by atoms with E-state index in [1.165, 1.54) is 0 Å². The molecule has 4 heteroatoms. The molecule has 2 rings (SSSR count). The van der Waals surface area contributed by atoms with Crippen molar-refractivity contribution in [2.24, 2.45) is 5.92 Å². The molecule has 0 heterocycles. The highest BCUT2D eigenvalue weighted by molar-refractivity contribution is 5.63. The first-order chi connectivity index (χ1) is 10.6. The van der Waals surface area contributed by atoms with Gasteiger partial charge in [-0.2, -0.15) is 0 Å². The molecule has 0 aliphatic rings. The first kappa shape index (κ1) is 15.9. The Labute approximate surface area is 130 Å². The molecule has 116 valence electrons. The summed E-state index contributed by atoms with van der Waals surface area (Å²) in [6.07, 6.45) is -0.0198. The van der Waals surface area contributed by atoms with Crippen LogP contribution in [-0.4, -0.2) is 11.3 Å². The van der Waals surface area contributed by atoms with Gasteiger partial charge in [-0.3, -0.25) is 0 Å². The van der Waals surface area contributed by atoms with Gasteiger partial charge >= 0.3 is 6.16 Å². The second kappa shape index (κ2) is 7.50. The normalized spacial score (nSPS) is 10.5. The van der Waals surface area contributed by atoms with Crippen LogP contribution in [0.3, 0.4) is 0 Å². The fraction of sp³-hybridized carbons (Fsp3) is 0.278. The van der Waals surface area contributed by atoms with Crippen LogP contribution in [0.25, 0.3) is 0 Å². The van der Waals surface area contributed by atoms with Crippen LogP contribution in [0, 0.1) is 5.92 Å². The van der Waals surface area contributed by atoms with Crippen LogP contribution < -0.4 is 4.74 Å². The molecule has 0 aliphatic carbocycles. The first-order valence-corrected chi connectivity index (χ1v) is 7.25. The second-order valence-corrected chi connectivity index (χ2v) is 5.48. The molecule has 0 spiro atoms. The number of carbonyl (C=O) groups is 1. The van der Waals surface area contributed by atoms with E-state index in [0.717, 1.165) is 12.0 Å². The van der Waals surface area contributed by atoms with E-state index in [1.807, 2.05) is 18.2 Å². The number of aromatic hydroxyl groups is 1. The van der Waals surface area contributed by atoms with Crippen LogP contribution in [-0.2, 0) is 17.8 Å². The summed E-state index contributed by atoms with van der Waals surface area (Å²) in [5.74, 6) is 1.04. The van der Waals surface area contributed by atoms with Crippen LogP contribution in [0.1, 0.15) is 25.0 Å². The lowest BCUT2D eigenvalue weighted by Crippen LogP contribution is -2.10. The van der Waals surface area contributed by atoms with E-state index in [2.05, 4.69) is 13.8 Å². The Kier molecular flexibility index (Phi) is 5.42. The van der Waals surface area contributed by atoms with Crippen molar-refractivity contribution < 1.29 is 19.4 Å². The summed E-state index contributed by atoms with van der Waals surface area (Å²) in [5, 5.41) is 10.2. The van der Waals surface area contributed by atoms with Gasteiger partial charge in [-0.15, -0.1) is 0 Å². The highest BCUT2D eigenvalue weighted by Gasteiger charge is 2.12. The number of rotatable bonds is 5. The molecule has 0 atom stereocenters. The van der Waals surface area contributed by atoms with Gasteiger partial charge in [0, 0.05) is 5.56 Å². The van der Waals surface area contributed by atoms with Gasteiger partial charge in [0.25, 0.3) is 0 Å². The summed E-state index contributed by atoms with van der Waals surface area (Å²) in [7, 11) is 0. The quantitative estimate of drug-likeness (QED) is 0.660. The van der Waals surface area contributed by atoms with Crippen LogP contribution >= 0.6 is 0 Å². The molecule has 1 N–H and O–H groups in total. The Bertz CT molecular complexity index is 620. The second-order valence-electron chi connectivity index (χ2n) is 5.48. The molecule has 0 aliphatic heterocycles. The third-order valence-electron chi connectivity index (χ3n) is 3.12. The monoisotopic (exact) mass is 300 g/mol. The predicted molar refractivity (Wildman–Crippen MR) is 83.9 cm³/mol. The van der Waals surface area contributed by atoms with E-state index in [-0.39, 0.29) is 12.4 Å². The lowest BCUT2D eigenvalue weighted by Gasteiger charge is -2.12. The highest BCUT2D eigenvalue weighted by Crippen LogP contribution is 2.25. The SMILES string of the molecule is CC(C)Cc1cccc(COC(=O)Oc2ccccc2)c1O. The maximum Gasteiger partial charge on any atom is 0.514 e. The molecule has 0 bridgehead atoms. The molecule has 0 amide bonds. The molecule has 2 aromatic carbocycles. The number of hydrogen-bond acceptors (Lipinski definition) is 4. The lowest BCUT2D eigenvalue weighted by atomic mass is 10.00. The fourth-order valence-corrected chi connectivity index (χ4v) is 2.12. The Balaban J connectivity index is 1.95. The summed E-state index contributed by atoms with van der Waals surface area (Å²) in [6, 6.07) is 14.2. The van der Waals surface area contributed by atoms with Crippen LogP contribution in [0.15, 0.2) is 48.5 Å². The minimum atomic E-state index is -0.792. The summed E-state index contributed by atoms with van der Waals surface area (Å²) < 4.78 is 10.1. The van der Waals surface area contributed by atoms with Gasteiger partial charge in [0.15, 0.2) is 0 Å². The molecule has 0 saturated heterocycles. The van der Waals surface area contributed by atoms with E-state index in [4.69, 9.17) is 9.47 Å². The summed E-state index contributed by atoms with van der Waals surface area (Å²) >= 11 is 0. The number of benzene rings is 2. The maximum atomic E-state index is 11.6. The van der Waals surface area contributed by atoms with Crippen molar-refractivity contribution in [3.63, 3.8) is 0 Å². The smallest absolute Gasteiger partial charge is 0.507 e. The minimum absolute atomic E-state index is 0.0244. The summed E-state index contributed by atoms with van der Waals surface area (Å²) in [5.41, 5.74) is 1.43. The lowest BCUT2D eigenvalue weighted by molar-refractivity contribution is 0.0921. The molecule has 0 aromatic heterocycles. The van der Waals surface area contributed by atoms with Crippen molar-refractivity contribution in [2.75, 3.05) is 0 Å². The number of hydrogen-bond donors (Lipinski definition) is 1. The molecule has 0 unspecified atom stereocenters. The largest absolute Gasteiger partial charge is 0.514 e.